The fourth-order valence-electron chi connectivity index (χ4n) is 2.96. The lowest BCUT2D eigenvalue weighted by molar-refractivity contribution is 0.0997. The first-order valence-electron chi connectivity index (χ1n) is 8.25. The van der Waals surface area contributed by atoms with Crippen molar-refractivity contribution >= 4 is 27.5 Å². The molecule has 3 aromatic rings. The minimum atomic E-state index is -0.204. The van der Waals surface area contributed by atoms with Crippen LogP contribution in [0.3, 0.4) is 0 Å². The number of amides is 1. The summed E-state index contributed by atoms with van der Waals surface area (Å²) < 4.78 is 8.49. The first-order valence-corrected chi connectivity index (χ1v) is 9.07. The summed E-state index contributed by atoms with van der Waals surface area (Å²) in [6.45, 7) is 7.35. The molecule has 2 aromatic carbocycles. The molecule has 3 rings (SSSR count). The van der Waals surface area contributed by atoms with E-state index in [0.29, 0.717) is 23.5 Å². The first kappa shape index (κ1) is 17.6. The number of carbonyl (C=O) groups excluding carboxylic acids is 1. The van der Waals surface area contributed by atoms with Gasteiger partial charge in [-0.05, 0) is 49.6 Å². The Kier molecular flexibility index (Phi) is 5.16. The molecule has 130 valence electrons. The Balaban J connectivity index is 2.19. The van der Waals surface area contributed by atoms with Crippen LogP contribution in [0.25, 0.3) is 10.2 Å². The Bertz CT molecular complexity index is 999. The summed E-state index contributed by atoms with van der Waals surface area (Å²) in [6.07, 6.45) is 0. The lowest BCUT2D eigenvalue weighted by Crippen LogP contribution is -2.19. The number of fused-ring (bicyclic) bond motifs is 1. The molecule has 25 heavy (non-hydrogen) atoms. The Morgan fingerprint density at radius 3 is 2.64 bits per heavy atom. The van der Waals surface area contributed by atoms with Crippen molar-refractivity contribution in [2.75, 3.05) is 13.7 Å². The fraction of sp³-hybridized carbons (Fsp3) is 0.300. The van der Waals surface area contributed by atoms with Gasteiger partial charge in [-0.15, -0.1) is 0 Å². The maximum atomic E-state index is 12.7. The van der Waals surface area contributed by atoms with E-state index >= 15 is 0 Å². The Morgan fingerprint density at radius 2 is 1.92 bits per heavy atom. The van der Waals surface area contributed by atoms with E-state index in [0.717, 1.165) is 15.8 Å². The van der Waals surface area contributed by atoms with Crippen LogP contribution < -0.4 is 4.80 Å². The van der Waals surface area contributed by atoms with Gasteiger partial charge in [-0.25, -0.2) is 0 Å². The summed E-state index contributed by atoms with van der Waals surface area (Å²) in [6, 6.07) is 11.9. The van der Waals surface area contributed by atoms with Gasteiger partial charge in [0.15, 0.2) is 4.80 Å². The minimum absolute atomic E-state index is 0.204. The molecule has 0 atom stereocenters. The van der Waals surface area contributed by atoms with Gasteiger partial charge in [0.1, 0.15) is 0 Å². The van der Waals surface area contributed by atoms with Crippen molar-refractivity contribution in [2.24, 2.45) is 4.99 Å². The molecule has 0 saturated heterocycles. The second-order valence-corrected chi connectivity index (χ2v) is 7.17. The van der Waals surface area contributed by atoms with E-state index in [-0.39, 0.29) is 5.91 Å². The van der Waals surface area contributed by atoms with E-state index in [9.17, 15) is 4.79 Å². The molecule has 0 unspecified atom stereocenters. The van der Waals surface area contributed by atoms with E-state index in [1.807, 2.05) is 31.2 Å². The zero-order valence-corrected chi connectivity index (χ0v) is 15.8. The largest absolute Gasteiger partial charge is 0.383 e. The van der Waals surface area contributed by atoms with Crippen molar-refractivity contribution in [1.82, 2.24) is 4.57 Å². The SMILES string of the molecule is COCCn1c(=NC(=O)c2ccccc2C)sc2c(C)cc(C)cc21. The molecule has 1 heterocycles. The molecule has 0 bridgehead atoms. The minimum Gasteiger partial charge on any atom is -0.383 e. The molecule has 0 fully saturated rings. The van der Waals surface area contributed by atoms with Crippen molar-refractivity contribution in [3.63, 3.8) is 0 Å². The number of rotatable bonds is 4. The topological polar surface area (TPSA) is 43.6 Å². The number of thiazole rings is 1. The normalized spacial score (nSPS) is 12.1. The summed E-state index contributed by atoms with van der Waals surface area (Å²) in [7, 11) is 1.68. The molecule has 0 saturated carbocycles. The number of carbonyl (C=O) groups is 1. The van der Waals surface area contributed by atoms with Gasteiger partial charge in [0.25, 0.3) is 5.91 Å². The molecule has 0 radical (unpaired) electrons. The molecule has 4 nitrogen and oxygen atoms in total. The Morgan fingerprint density at radius 1 is 1.16 bits per heavy atom. The zero-order valence-electron chi connectivity index (χ0n) is 15.0. The van der Waals surface area contributed by atoms with Crippen LogP contribution in [0.2, 0.25) is 0 Å². The Hall–Kier alpha value is -2.24. The summed E-state index contributed by atoms with van der Waals surface area (Å²) in [4.78, 5) is 17.8. The van der Waals surface area contributed by atoms with Crippen molar-refractivity contribution in [1.29, 1.82) is 0 Å². The standard InChI is InChI=1S/C20H22N2O2S/c1-13-11-15(3)18-17(12-13)22(9-10-24-4)20(25-18)21-19(23)16-8-6-5-7-14(16)2/h5-8,11-12H,9-10H2,1-4H3. The molecule has 1 amide bonds. The molecular weight excluding hydrogens is 332 g/mol. The number of hydrogen-bond acceptors (Lipinski definition) is 3. The van der Waals surface area contributed by atoms with Gasteiger partial charge in [0.2, 0.25) is 0 Å². The third-order valence-corrected chi connectivity index (χ3v) is 5.44. The number of methoxy groups -OCH3 is 1. The van der Waals surface area contributed by atoms with Crippen molar-refractivity contribution in [3.05, 3.63) is 63.5 Å². The van der Waals surface area contributed by atoms with Gasteiger partial charge in [0, 0.05) is 19.2 Å². The average molecular weight is 354 g/mol. The highest BCUT2D eigenvalue weighted by Crippen LogP contribution is 2.23. The van der Waals surface area contributed by atoms with E-state index in [1.54, 1.807) is 18.4 Å². The number of ether oxygens (including phenoxy) is 1. The third-order valence-electron chi connectivity index (χ3n) is 4.21. The lowest BCUT2D eigenvalue weighted by atomic mass is 10.1. The number of benzene rings is 2. The number of aromatic nitrogens is 1. The van der Waals surface area contributed by atoms with Gasteiger partial charge in [-0.3, -0.25) is 4.79 Å². The van der Waals surface area contributed by atoms with E-state index in [2.05, 4.69) is 35.5 Å². The van der Waals surface area contributed by atoms with Crippen LogP contribution in [0.1, 0.15) is 27.0 Å². The van der Waals surface area contributed by atoms with Gasteiger partial charge in [0.05, 0.1) is 16.8 Å². The molecule has 1 aromatic heterocycles. The highest BCUT2D eigenvalue weighted by Gasteiger charge is 2.12. The van der Waals surface area contributed by atoms with Gasteiger partial charge in [-0.1, -0.05) is 35.6 Å². The van der Waals surface area contributed by atoms with Crippen LogP contribution >= 0.6 is 11.3 Å². The summed E-state index contributed by atoms with van der Waals surface area (Å²) >= 11 is 1.56. The predicted molar refractivity (Wildman–Crippen MR) is 102 cm³/mol. The zero-order chi connectivity index (χ0) is 18.0. The molecule has 0 spiro atoms. The number of aryl methyl sites for hydroxylation is 3. The Labute approximate surface area is 151 Å². The second kappa shape index (κ2) is 7.33. The molecule has 0 aliphatic heterocycles. The van der Waals surface area contributed by atoms with Gasteiger partial charge in [-0.2, -0.15) is 4.99 Å². The van der Waals surface area contributed by atoms with Crippen molar-refractivity contribution < 1.29 is 9.53 Å². The van der Waals surface area contributed by atoms with Crippen LogP contribution in [0.15, 0.2) is 41.4 Å². The highest BCUT2D eigenvalue weighted by atomic mass is 32.1. The predicted octanol–water partition coefficient (Wildman–Crippen LogP) is 4.02. The monoisotopic (exact) mass is 354 g/mol. The maximum absolute atomic E-state index is 12.7. The van der Waals surface area contributed by atoms with Crippen LogP contribution in [0.5, 0.6) is 0 Å². The van der Waals surface area contributed by atoms with E-state index in [1.165, 1.54) is 11.1 Å². The van der Waals surface area contributed by atoms with E-state index < -0.39 is 0 Å². The molecule has 5 heteroatoms. The fourth-order valence-corrected chi connectivity index (χ4v) is 4.06. The average Bonchev–Trinajstić information content (AvgIpc) is 2.91. The quantitative estimate of drug-likeness (QED) is 0.710. The van der Waals surface area contributed by atoms with Crippen LogP contribution in [0.4, 0.5) is 0 Å². The highest BCUT2D eigenvalue weighted by molar-refractivity contribution is 7.16. The van der Waals surface area contributed by atoms with Crippen molar-refractivity contribution in [3.8, 4) is 0 Å². The third kappa shape index (κ3) is 3.57. The van der Waals surface area contributed by atoms with Crippen LogP contribution in [-0.4, -0.2) is 24.2 Å². The van der Waals surface area contributed by atoms with E-state index in [4.69, 9.17) is 4.74 Å². The summed E-state index contributed by atoms with van der Waals surface area (Å²) in [5.41, 5.74) is 5.09. The van der Waals surface area contributed by atoms with Crippen LogP contribution in [-0.2, 0) is 11.3 Å². The van der Waals surface area contributed by atoms with Crippen LogP contribution in [0, 0.1) is 20.8 Å². The number of nitrogens with zero attached hydrogens (tertiary/aromatic N) is 2. The van der Waals surface area contributed by atoms with Gasteiger partial charge >= 0.3 is 0 Å². The number of hydrogen-bond donors (Lipinski definition) is 0. The van der Waals surface area contributed by atoms with Gasteiger partial charge < -0.3 is 9.30 Å². The molecule has 0 aliphatic carbocycles. The maximum Gasteiger partial charge on any atom is 0.279 e. The smallest absolute Gasteiger partial charge is 0.279 e. The molecule has 0 aliphatic rings. The first-order chi connectivity index (χ1) is 12.0. The summed E-state index contributed by atoms with van der Waals surface area (Å²) in [5, 5.41) is 0. The molecular formula is C20H22N2O2S. The second-order valence-electron chi connectivity index (χ2n) is 6.19. The molecule has 0 N–H and O–H groups in total. The lowest BCUT2D eigenvalue weighted by Gasteiger charge is -2.06. The van der Waals surface area contributed by atoms with Crippen molar-refractivity contribution in [2.45, 2.75) is 27.3 Å². The summed E-state index contributed by atoms with van der Waals surface area (Å²) in [5.74, 6) is -0.204.